The molecule has 0 aromatic rings. The molecule has 0 amide bonds. The quantitative estimate of drug-likeness (QED) is 0.703. The van der Waals surface area contributed by atoms with Gasteiger partial charge in [-0.2, -0.15) is 0 Å². The van der Waals surface area contributed by atoms with E-state index in [2.05, 4.69) is 29.9 Å². The number of likely N-dealkylation sites (tertiary alicyclic amines) is 2. The van der Waals surface area contributed by atoms with E-state index >= 15 is 0 Å². The Morgan fingerprint density at radius 3 is 2.18 bits per heavy atom. The molecular formula is C17H34N2OS2. The molecule has 0 saturated carbocycles. The molecule has 1 atom stereocenters. The fourth-order valence-electron chi connectivity index (χ4n) is 3.59. The Morgan fingerprint density at radius 2 is 1.64 bits per heavy atom. The monoisotopic (exact) mass is 346 g/mol. The molecule has 1 unspecified atom stereocenters. The zero-order chi connectivity index (χ0) is 15.9. The number of hydrogen-bond donors (Lipinski definition) is 0. The number of nitrogens with zero attached hydrogens (tertiary/aromatic N) is 2. The first-order valence-corrected chi connectivity index (χ1v) is 11.6. The Kier molecular flexibility index (Phi) is 8.26. The molecular weight excluding hydrogens is 312 g/mol. The Hall–Kier alpha value is 0.450. The molecule has 0 aromatic carbocycles. The second-order valence-electron chi connectivity index (χ2n) is 7.49. The maximum atomic E-state index is 6.23. The van der Waals surface area contributed by atoms with E-state index in [1.807, 2.05) is 0 Å². The lowest BCUT2D eigenvalue weighted by Gasteiger charge is -2.35. The second kappa shape index (κ2) is 9.67. The summed E-state index contributed by atoms with van der Waals surface area (Å²) in [6.07, 6.45) is 7.70. The molecule has 0 spiro atoms. The van der Waals surface area contributed by atoms with Gasteiger partial charge in [0.2, 0.25) is 0 Å². The van der Waals surface area contributed by atoms with Crippen LogP contribution in [0, 0.1) is 11.8 Å². The maximum Gasteiger partial charge on any atom is 0.0599 e. The summed E-state index contributed by atoms with van der Waals surface area (Å²) >= 11 is 5.32. The van der Waals surface area contributed by atoms with Crippen LogP contribution in [0.4, 0.5) is 0 Å². The first-order chi connectivity index (χ1) is 10.5. The molecule has 3 nitrogen and oxygen atoms in total. The molecule has 22 heavy (non-hydrogen) atoms. The van der Waals surface area contributed by atoms with Gasteiger partial charge in [-0.05, 0) is 56.9 Å². The van der Waals surface area contributed by atoms with Gasteiger partial charge in [0.15, 0.2) is 0 Å². The summed E-state index contributed by atoms with van der Waals surface area (Å²) in [6.45, 7) is 11.7. The van der Waals surface area contributed by atoms with Gasteiger partial charge in [-0.15, -0.1) is 9.45 Å². The highest BCUT2D eigenvalue weighted by Gasteiger charge is 2.23. The van der Waals surface area contributed by atoms with E-state index in [0.29, 0.717) is 6.10 Å². The lowest BCUT2D eigenvalue weighted by molar-refractivity contribution is -0.0196. The summed E-state index contributed by atoms with van der Waals surface area (Å²) in [4.78, 5) is 5.14. The number of hydrogen-bond acceptors (Lipinski definition) is 4. The molecule has 2 aliphatic heterocycles. The van der Waals surface area contributed by atoms with Crippen molar-refractivity contribution < 1.29 is 4.74 Å². The van der Waals surface area contributed by atoms with Crippen LogP contribution < -0.4 is 0 Å². The predicted octanol–water partition coefficient (Wildman–Crippen LogP) is 2.50. The predicted molar refractivity (Wildman–Crippen MR) is 100 cm³/mol. The van der Waals surface area contributed by atoms with Crippen LogP contribution >= 0.6 is 0 Å². The molecule has 2 heterocycles. The molecule has 2 rings (SSSR count). The molecule has 0 bridgehead atoms. The van der Waals surface area contributed by atoms with Crippen LogP contribution in [-0.4, -0.2) is 67.4 Å². The fourth-order valence-corrected chi connectivity index (χ4v) is 4.81. The van der Waals surface area contributed by atoms with Crippen LogP contribution in [0.2, 0.25) is 0 Å². The molecule has 5 heteroatoms. The summed E-state index contributed by atoms with van der Waals surface area (Å²) < 4.78 is 6.23. The van der Waals surface area contributed by atoms with Gasteiger partial charge in [-0.1, -0.05) is 25.0 Å². The van der Waals surface area contributed by atoms with Crippen LogP contribution in [0.1, 0.15) is 39.5 Å². The smallest absolute Gasteiger partial charge is 0.0599 e. The highest BCUT2D eigenvalue weighted by atomic mass is 32.8. The van der Waals surface area contributed by atoms with Crippen molar-refractivity contribution in [3.63, 3.8) is 0 Å². The Labute approximate surface area is 144 Å². The van der Waals surface area contributed by atoms with Gasteiger partial charge in [0, 0.05) is 32.1 Å². The van der Waals surface area contributed by atoms with Gasteiger partial charge in [0.05, 0.1) is 6.10 Å². The van der Waals surface area contributed by atoms with Gasteiger partial charge in [-0.3, -0.25) is 4.90 Å². The molecule has 0 N–H and O–H groups in total. The van der Waals surface area contributed by atoms with Crippen molar-refractivity contribution in [1.82, 2.24) is 9.80 Å². The summed E-state index contributed by atoms with van der Waals surface area (Å²) in [7, 11) is 0.133. The summed E-state index contributed by atoms with van der Waals surface area (Å²) in [5.74, 6) is 2.66. The molecule has 2 saturated heterocycles. The van der Waals surface area contributed by atoms with Crippen molar-refractivity contribution in [3.8, 4) is 0 Å². The van der Waals surface area contributed by atoms with Crippen LogP contribution in [-0.2, 0) is 25.4 Å². The van der Waals surface area contributed by atoms with E-state index in [4.69, 9.17) is 15.9 Å². The topological polar surface area (TPSA) is 15.7 Å². The third-order valence-corrected chi connectivity index (χ3v) is 5.84. The van der Waals surface area contributed by atoms with Crippen molar-refractivity contribution in [2.45, 2.75) is 45.6 Å². The Bertz CT molecular complexity index is 336. The van der Waals surface area contributed by atoms with Crippen molar-refractivity contribution in [1.29, 1.82) is 0 Å². The van der Waals surface area contributed by atoms with E-state index in [9.17, 15) is 0 Å². The van der Waals surface area contributed by atoms with Crippen LogP contribution in [0.3, 0.4) is 0 Å². The zero-order valence-corrected chi connectivity index (χ0v) is 16.3. The van der Waals surface area contributed by atoms with Gasteiger partial charge >= 0.3 is 0 Å². The standard InChI is InChI=1S/C17H34N2OS2/c1-15(2)12-18-10-6-17(7-11-18)20-13-16-4-8-19(9-5-16)14-22(3)21/h15-17H,4-14H2,1-3H3. The highest BCUT2D eigenvalue weighted by molar-refractivity contribution is 8.28. The molecule has 0 aliphatic carbocycles. The van der Waals surface area contributed by atoms with E-state index < -0.39 is 0 Å². The third kappa shape index (κ3) is 6.91. The normalized spacial score (nSPS) is 24.9. The molecule has 2 aliphatic rings. The molecule has 130 valence electrons. The van der Waals surface area contributed by atoms with E-state index in [1.54, 1.807) is 0 Å². The van der Waals surface area contributed by atoms with Crippen molar-refractivity contribution in [2.75, 3.05) is 51.5 Å². The van der Waals surface area contributed by atoms with E-state index in [-0.39, 0.29) is 9.45 Å². The Balaban J connectivity index is 1.57. The van der Waals surface area contributed by atoms with Crippen molar-refractivity contribution in [3.05, 3.63) is 0 Å². The average Bonchev–Trinajstić information content (AvgIpc) is 2.47. The number of ether oxygens (including phenoxy) is 1. The average molecular weight is 347 g/mol. The molecule has 0 aromatic heterocycles. The summed E-state index contributed by atoms with van der Waals surface area (Å²) in [6, 6.07) is 0. The lowest BCUT2D eigenvalue weighted by atomic mass is 9.98. The van der Waals surface area contributed by atoms with Gasteiger partial charge in [0.25, 0.3) is 0 Å². The van der Waals surface area contributed by atoms with E-state index in [0.717, 1.165) is 24.3 Å². The summed E-state index contributed by atoms with van der Waals surface area (Å²) in [5, 5.41) is 0. The van der Waals surface area contributed by atoms with Crippen LogP contribution in [0.5, 0.6) is 0 Å². The fraction of sp³-hybridized carbons (Fsp3) is 1.00. The molecule has 2 fully saturated rings. The minimum Gasteiger partial charge on any atom is -0.378 e. The third-order valence-electron chi connectivity index (χ3n) is 4.80. The minimum absolute atomic E-state index is 0.133. The highest BCUT2D eigenvalue weighted by Crippen LogP contribution is 2.21. The first kappa shape index (κ1) is 18.8. The van der Waals surface area contributed by atoms with Crippen LogP contribution in [0.15, 0.2) is 0 Å². The van der Waals surface area contributed by atoms with Crippen molar-refractivity contribution in [2.24, 2.45) is 11.8 Å². The SMILES string of the molecule is CC(C)CN1CCC(OCC2CCN(CS(C)=S)CC2)CC1. The summed E-state index contributed by atoms with van der Waals surface area (Å²) in [5.41, 5.74) is 0. The van der Waals surface area contributed by atoms with E-state index in [1.165, 1.54) is 58.4 Å². The number of rotatable bonds is 7. The van der Waals surface area contributed by atoms with Gasteiger partial charge < -0.3 is 9.64 Å². The lowest BCUT2D eigenvalue weighted by Crippen LogP contribution is -2.40. The maximum absolute atomic E-state index is 6.23. The minimum atomic E-state index is 0.133. The van der Waals surface area contributed by atoms with Crippen molar-refractivity contribution >= 4 is 20.6 Å². The van der Waals surface area contributed by atoms with Gasteiger partial charge in [-0.25, -0.2) is 0 Å². The largest absolute Gasteiger partial charge is 0.378 e. The first-order valence-electron chi connectivity index (χ1n) is 8.89. The van der Waals surface area contributed by atoms with Crippen LogP contribution in [0.25, 0.3) is 0 Å². The number of piperidine rings is 2. The molecule has 0 radical (unpaired) electrons. The van der Waals surface area contributed by atoms with Gasteiger partial charge in [0.1, 0.15) is 0 Å². The zero-order valence-electron chi connectivity index (χ0n) is 14.6. The second-order valence-corrected chi connectivity index (χ2v) is 10.6. The Morgan fingerprint density at radius 1 is 1.05 bits per heavy atom.